The van der Waals surface area contributed by atoms with Crippen LogP contribution in [0.3, 0.4) is 0 Å². The number of ether oxygens (including phenoxy) is 3. The average molecular weight is 603 g/mol. The lowest BCUT2D eigenvalue weighted by molar-refractivity contribution is -0.00551. The maximum absolute atomic E-state index is 12.8. The molecule has 0 saturated carbocycles. The Kier molecular flexibility index (Phi) is 13.7. The SMILES string of the molecule is [2H]c1cc(C(=O)Oc2ccc(-c3ccc(C(=O)OC(C)(C)CCCCCC)cc3)cc2)cc([2H])c1OCCCCCCCCCC. The Labute approximate surface area is 268 Å². The van der Waals surface area contributed by atoms with E-state index in [0.29, 0.717) is 17.9 Å². The number of carbonyl (C=O) groups excluding carboxylic acids is 2. The van der Waals surface area contributed by atoms with E-state index < -0.39 is 11.6 Å². The van der Waals surface area contributed by atoms with Gasteiger partial charge >= 0.3 is 11.9 Å². The quantitative estimate of drug-likeness (QED) is 0.0731. The van der Waals surface area contributed by atoms with Crippen LogP contribution in [-0.4, -0.2) is 24.1 Å². The van der Waals surface area contributed by atoms with Gasteiger partial charge in [-0.2, -0.15) is 0 Å². The predicted molar refractivity (Wildman–Crippen MR) is 180 cm³/mol. The molecule has 0 atom stereocenters. The van der Waals surface area contributed by atoms with Crippen molar-refractivity contribution in [2.24, 2.45) is 0 Å². The zero-order valence-electron chi connectivity index (χ0n) is 29.2. The van der Waals surface area contributed by atoms with Gasteiger partial charge in [-0.25, -0.2) is 9.59 Å². The van der Waals surface area contributed by atoms with Crippen molar-refractivity contribution in [1.29, 1.82) is 0 Å². The van der Waals surface area contributed by atoms with E-state index in [9.17, 15) is 9.59 Å². The lowest BCUT2D eigenvalue weighted by Gasteiger charge is -2.25. The van der Waals surface area contributed by atoms with Crippen molar-refractivity contribution in [2.45, 2.75) is 117 Å². The van der Waals surface area contributed by atoms with E-state index in [1.165, 1.54) is 63.5 Å². The highest BCUT2D eigenvalue weighted by atomic mass is 16.6. The molecule has 0 fully saturated rings. The molecule has 0 spiro atoms. The van der Waals surface area contributed by atoms with Crippen LogP contribution >= 0.6 is 0 Å². The van der Waals surface area contributed by atoms with Crippen molar-refractivity contribution >= 4 is 11.9 Å². The molecule has 0 amide bonds. The smallest absolute Gasteiger partial charge is 0.343 e. The number of hydrogen-bond acceptors (Lipinski definition) is 5. The highest BCUT2D eigenvalue weighted by molar-refractivity contribution is 5.91. The van der Waals surface area contributed by atoms with E-state index in [1.807, 2.05) is 38.1 Å². The van der Waals surface area contributed by atoms with E-state index in [-0.39, 0.29) is 29.4 Å². The molecule has 0 radical (unpaired) electrons. The van der Waals surface area contributed by atoms with E-state index in [1.54, 1.807) is 24.3 Å². The van der Waals surface area contributed by atoms with Gasteiger partial charge in [0.25, 0.3) is 0 Å². The molecular formula is C39H52O5. The molecule has 5 heteroatoms. The van der Waals surface area contributed by atoms with Crippen molar-refractivity contribution in [3.05, 3.63) is 83.9 Å². The monoisotopic (exact) mass is 602 g/mol. The van der Waals surface area contributed by atoms with Crippen molar-refractivity contribution in [3.8, 4) is 22.6 Å². The van der Waals surface area contributed by atoms with E-state index >= 15 is 0 Å². The van der Waals surface area contributed by atoms with E-state index in [4.69, 9.17) is 17.0 Å². The standard InChI is InChI=1S/C39H52O5/c1-5-7-9-11-12-13-14-16-30-42-35-25-23-33(24-26-35)37(40)43-36-27-21-32(22-28-36)31-17-19-34(20-18-31)38(41)44-39(3,4)29-15-10-8-6-2/h17-28H,5-16,29-30H2,1-4H3/i25D,26D. The van der Waals surface area contributed by atoms with Crippen molar-refractivity contribution in [3.63, 3.8) is 0 Å². The van der Waals surface area contributed by atoms with Gasteiger partial charge in [0.1, 0.15) is 17.1 Å². The summed E-state index contributed by atoms with van der Waals surface area (Å²) in [5.74, 6) is -0.429. The molecule has 238 valence electrons. The number of rotatable bonds is 20. The maximum Gasteiger partial charge on any atom is 0.343 e. The second-order valence-corrected chi connectivity index (χ2v) is 12.1. The summed E-state index contributed by atoms with van der Waals surface area (Å²) in [5, 5.41) is 0. The Morgan fingerprint density at radius 3 is 1.70 bits per heavy atom. The third kappa shape index (κ3) is 12.6. The average Bonchev–Trinajstić information content (AvgIpc) is 3.03. The first-order valence-corrected chi connectivity index (χ1v) is 16.5. The normalized spacial score (nSPS) is 11.9. The van der Waals surface area contributed by atoms with Gasteiger partial charge in [0.05, 0.1) is 20.5 Å². The maximum atomic E-state index is 12.8. The van der Waals surface area contributed by atoms with Crippen LogP contribution in [0.1, 0.15) is 135 Å². The highest BCUT2D eigenvalue weighted by Gasteiger charge is 2.23. The molecule has 3 rings (SSSR count). The molecule has 0 heterocycles. The summed E-state index contributed by atoms with van der Waals surface area (Å²) in [6.07, 6.45) is 14.8. The summed E-state index contributed by atoms with van der Waals surface area (Å²) in [4.78, 5) is 25.6. The van der Waals surface area contributed by atoms with Crippen LogP contribution < -0.4 is 9.47 Å². The fraction of sp³-hybridized carbons (Fsp3) is 0.487. The number of unbranched alkanes of at least 4 members (excludes halogenated alkanes) is 10. The Bertz CT molecular complexity index is 1340. The summed E-state index contributed by atoms with van der Waals surface area (Å²) in [6, 6.07) is 17.1. The third-order valence-electron chi connectivity index (χ3n) is 7.72. The van der Waals surface area contributed by atoms with Crippen LogP contribution in [0, 0.1) is 0 Å². The minimum atomic E-state index is -0.638. The van der Waals surface area contributed by atoms with Gasteiger partial charge < -0.3 is 14.2 Å². The first-order valence-electron chi connectivity index (χ1n) is 17.5. The van der Waals surface area contributed by atoms with Crippen LogP contribution in [-0.2, 0) is 4.74 Å². The number of hydrogen-bond donors (Lipinski definition) is 0. The van der Waals surface area contributed by atoms with Crippen LogP contribution in [0.5, 0.6) is 11.5 Å². The highest BCUT2D eigenvalue weighted by Crippen LogP contribution is 2.26. The second-order valence-electron chi connectivity index (χ2n) is 12.1. The Balaban J connectivity index is 1.49. The Morgan fingerprint density at radius 2 is 1.11 bits per heavy atom. The fourth-order valence-corrected chi connectivity index (χ4v) is 5.00. The molecule has 0 aliphatic rings. The van der Waals surface area contributed by atoms with Gasteiger partial charge in [0, 0.05) is 0 Å². The minimum Gasteiger partial charge on any atom is -0.494 e. The van der Waals surface area contributed by atoms with E-state index in [2.05, 4.69) is 13.8 Å². The summed E-state index contributed by atoms with van der Waals surface area (Å²) in [7, 11) is 0. The molecule has 0 bridgehead atoms. The number of esters is 2. The summed E-state index contributed by atoms with van der Waals surface area (Å²) >= 11 is 0. The van der Waals surface area contributed by atoms with Gasteiger partial charge in [-0.15, -0.1) is 0 Å². The summed E-state index contributed by atoms with van der Waals surface area (Å²) in [5.41, 5.74) is 1.93. The Morgan fingerprint density at radius 1 is 0.614 bits per heavy atom. The molecule has 3 aromatic rings. The van der Waals surface area contributed by atoms with Gasteiger partial charge in [-0.1, -0.05) is 102 Å². The molecule has 0 saturated heterocycles. The lowest BCUT2D eigenvalue weighted by atomic mass is 9.99. The summed E-state index contributed by atoms with van der Waals surface area (Å²) in [6.45, 7) is 8.76. The van der Waals surface area contributed by atoms with Gasteiger partial charge in [0.15, 0.2) is 0 Å². The van der Waals surface area contributed by atoms with E-state index in [0.717, 1.165) is 43.2 Å². The zero-order chi connectivity index (χ0) is 33.4. The molecular weight excluding hydrogens is 548 g/mol. The predicted octanol–water partition coefficient (Wildman–Crippen LogP) is 11.0. The Hall–Kier alpha value is -3.60. The van der Waals surface area contributed by atoms with Gasteiger partial charge in [-0.3, -0.25) is 0 Å². The molecule has 5 nitrogen and oxygen atoms in total. The zero-order valence-corrected chi connectivity index (χ0v) is 27.2. The van der Waals surface area contributed by atoms with Crippen LogP contribution in [0.4, 0.5) is 0 Å². The molecule has 0 unspecified atom stereocenters. The molecule has 0 aliphatic heterocycles. The second kappa shape index (κ2) is 18.9. The topological polar surface area (TPSA) is 61.8 Å². The van der Waals surface area contributed by atoms with Crippen molar-refractivity contribution < 1.29 is 26.5 Å². The van der Waals surface area contributed by atoms with Crippen molar-refractivity contribution in [1.82, 2.24) is 0 Å². The first-order chi connectivity index (χ1) is 22.1. The molecule has 0 aromatic heterocycles. The summed E-state index contributed by atoms with van der Waals surface area (Å²) < 4.78 is 33.7. The number of carbonyl (C=O) groups is 2. The van der Waals surface area contributed by atoms with Crippen LogP contribution in [0.2, 0.25) is 0 Å². The lowest BCUT2D eigenvalue weighted by Crippen LogP contribution is -2.28. The molecule has 3 aromatic carbocycles. The molecule has 44 heavy (non-hydrogen) atoms. The number of benzene rings is 3. The fourth-order valence-electron chi connectivity index (χ4n) is 5.00. The third-order valence-corrected chi connectivity index (χ3v) is 7.72. The van der Waals surface area contributed by atoms with Gasteiger partial charge in [0.2, 0.25) is 0 Å². The van der Waals surface area contributed by atoms with Gasteiger partial charge in [-0.05, 0) is 92.7 Å². The van der Waals surface area contributed by atoms with Crippen LogP contribution in [0.15, 0.2) is 72.7 Å². The van der Waals surface area contributed by atoms with Crippen LogP contribution in [0.25, 0.3) is 11.1 Å². The minimum absolute atomic E-state index is 0.00257. The largest absolute Gasteiger partial charge is 0.494 e. The molecule has 0 aliphatic carbocycles. The first kappa shape index (κ1) is 31.8. The van der Waals surface area contributed by atoms with Crippen molar-refractivity contribution in [2.75, 3.05) is 6.61 Å². The molecule has 0 N–H and O–H groups in total.